The SMILES string of the molecule is O=c1[nH]c([C@H]2CCCN(CCC3CCCCC3)C2)nn1-c1ccc(Br)cc1. The summed E-state index contributed by atoms with van der Waals surface area (Å²) in [5.74, 6) is 2.09. The minimum Gasteiger partial charge on any atom is -0.303 e. The van der Waals surface area contributed by atoms with Crippen molar-refractivity contribution in [3.8, 4) is 5.69 Å². The van der Waals surface area contributed by atoms with Crippen molar-refractivity contribution in [3.05, 3.63) is 45.0 Å². The normalized spacial score (nSPS) is 22.2. The minimum atomic E-state index is -0.147. The smallest absolute Gasteiger partial charge is 0.303 e. The molecule has 2 heterocycles. The fourth-order valence-corrected chi connectivity index (χ4v) is 4.87. The average molecular weight is 433 g/mol. The van der Waals surface area contributed by atoms with Crippen LogP contribution in [0.3, 0.4) is 0 Å². The number of hydrogen-bond donors (Lipinski definition) is 1. The van der Waals surface area contributed by atoms with Crippen LogP contribution in [0.25, 0.3) is 5.69 Å². The van der Waals surface area contributed by atoms with Crippen LogP contribution in [0.4, 0.5) is 0 Å². The first-order valence-electron chi connectivity index (χ1n) is 10.4. The Bertz CT molecular complexity index is 791. The van der Waals surface area contributed by atoms with Gasteiger partial charge in [-0.25, -0.2) is 4.79 Å². The molecule has 1 aromatic carbocycles. The Kier molecular flexibility index (Phi) is 6.13. The van der Waals surface area contributed by atoms with Crippen LogP contribution in [0.15, 0.2) is 33.5 Å². The van der Waals surface area contributed by atoms with E-state index in [9.17, 15) is 4.79 Å². The lowest BCUT2D eigenvalue weighted by Gasteiger charge is -2.33. The summed E-state index contributed by atoms with van der Waals surface area (Å²) in [7, 11) is 0. The lowest BCUT2D eigenvalue weighted by atomic mass is 9.86. The van der Waals surface area contributed by atoms with Gasteiger partial charge in [-0.3, -0.25) is 4.98 Å². The highest BCUT2D eigenvalue weighted by atomic mass is 79.9. The number of piperidine rings is 1. The second-order valence-corrected chi connectivity index (χ2v) is 9.05. The average Bonchev–Trinajstić information content (AvgIpc) is 3.10. The van der Waals surface area contributed by atoms with Crippen molar-refractivity contribution in [3.63, 3.8) is 0 Å². The number of nitrogens with zero attached hydrogens (tertiary/aromatic N) is 3. The first kappa shape index (κ1) is 18.9. The highest BCUT2D eigenvalue weighted by molar-refractivity contribution is 9.10. The van der Waals surface area contributed by atoms with E-state index in [0.717, 1.165) is 34.9 Å². The molecule has 27 heavy (non-hydrogen) atoms. The molecule has 0 unspecified atom stereocenters. The van der Waals surface area contributed by atoms with Gasteiger partial charge in [0.05, 0.1) is 5.69 Å². The number of likely N-dealkylation sites (tertiary alicyclic amines) is 1. The Balaban J connectivity index is 1.40. The largest absolute Gasteiger partial charge is 0.348 e. The van der Waals surface area contributed by atoms with Crippen LogP contribution in [0.2, 0.25) is 0 Å². The van der Waals surface area contributed by atoms with E-state index in [4.69, 9.17) is 0 Å². The molecule has 0 amide bonds. The van der Waals surface area contributed by atoms with Gasteiger partial charge in [-0.15, -0.1) is 5.10 Å². The summed E-state index contributed by atoms with van der Waals surface area (Å²) in [4.78, 5) is 18.0. The van der Waals surface area contributed by atoms with Gasteiger partial charge in [0.15, 0.2) is 0 Å². The van der Waals surface area contributed by atoms with Crippen molar-refractivity contribution in [1.82, 2.24) is 19.7 Å². The van der Waals surface area contributed by atoms with Crippen LogP contribution in [-0.4, -0.2) is 39.3 Å². The van der Waals surface area contributed by atoms with E-state index in [0.29, 0.717) is 5.92 Å². The molecule has 1 aliphatic heterocycles. The van der Waals surface area contributed by atoms with Gasteiger partial charge in [0, 0.05) is 16.9 Å². The van der Waals surface area contributed by atoms with Gasteiger partial charge in [-0.1, -0.05) is 48.0 Å². The Morgan fingerprint density at radius 3 is 2.63 bits per heavy atom. The predicted molar refractivity (Wildman–Crippen MR) is 111 cm³/mol. The molecule has 4 rings (SSSR count). The molecule has 1 N–H and O–H groups in total. The van der Waals surface area contributed by atoms with Crippen molar-refractivity contribution >= 4 is 15.9 Å². The summed E-state index contributed by atoms with van der Waals surface area (Å²) in [5, 5.41) is 4.62. The Morgan fingerprint density at radius 1 is 1.07 bits per heavy atom. The van der Waals surface area contributed by atoms with Crippen molar-refractivity contribution in [1.29, 1.82) is 0 Å². The molecule has 146 valence electrons. The lowest BCUT2D eigenvalue weighted by Crippen LogP contribution is -2.36. The van der Waals surface area contributed by atoms with Gasteiger partial charge >= 0.3 is 5.69 Å². The molecule has 5 nitrogen and oxygen atoms in total. The van der Waals surface area contributed by atoms with E-state index in [1.54, 1.807) is 0 Å². The molecule has 2 aliphatic rings. The second-order valence-electron chi connectivity index (χ2n) is 8.14. The van der Waals surface area contributed by atoms with E-state index in [-0.39, 0.29) is 5.69 Å². The molecule has 1 aliphatic carbocycles. The zero-order valence-electron chi connectivity index (χ0n) is 15.9. The maximum absolute atomic E-state index is 12.4. The number of H-pyrrole nitrogens is 1. The summed E-state index contributed by atoms with van der Waals surface area (Å²) in [6.45, 7) is 3.39. The molecule has 2 fully saturated rings. The van der Waals surface area contributed by atoms with Crippen LogP contribution < -0.4 is 5.69 Å². The van der Waals surface area contributed by atoms with E-state index in [2.05, 4.69) is 30.9 Å². The fraction of sp³-hybridized carbons (Fsp3) is 0.619. The molecule has 2 aromatic rings. The molecule has 1 atom stereocenters. The van der Waals surface area contributed by atoms with Crippen LogP contribution in [0.1, 0.15) is 63.1 Å². The van der Waals surface area contributed by atoms with Gasteiger partial charge in [-0.05, 0) is 62.5 Å². The number of benzene rings is 1. The number of hydrogen-bond acceptors (Lipinski definition) is 3. The monoisotopic (exact) mass is 432 g/mol. The quantitative estimate of drug-likeness (QED) is 0.757. The van der Waals surface area contributed by atoms with E-state index in [1.165, 1.54) is 62.7 Å². The zero-order valence-corrected chi connectivity index (χ0v) is 17.5. The second kappa shape index (κ2) is 8.74. The number of halogens is 1. The molecule has 6 heteroatoms. The molecule has 0 radical (unpaired) electrons. The van der Waals surface area contributed by atoms with E-state index < -0.39 is 0 Å². The van der Waals surface area contributed by atoms with Gasteiger partial charge in [0.1, 0.15) is 5.82 Å². The van der Waals surface area contributed by atoms with Gasteiger partial charge in [0.2, 0.25) is 0 Å². The predicted octanol–water partition coefficient (Wildman–Crippen LogP) is 4.47. The topological polar surface area (TPSA) is 53.9 Å². The fourth-order valence-electron chi connectivity index (χ4n) is 4.60. The Labute approximate surface area is 169 Å². The standard InChI is InChI=1S/C21H29BrN4O/c22-18-8-10-19(11-9-18)26-21(27)23-20(24-26)17-7-4-13-25(15-17)14-12-16-5-2-1-3-6-16/h8-11,16-17H,1-7,12-15H2,(H,23,24,27)/t17-/m0/s1. The molecular weight excluding hydrogens is 404 g/mol. The third kappa shape index (κ3) is 4.72. The highest BCUT2D eigenvalue weighted by Crippen LogP contribution is 2.28. The molecule has 1 aromatic heterocycles. The zero-order chi connectivity index (χ0) is 18.6. The molecule has 1 saturated carbocycles. The molecule has 0 spiro atoms. The number of aromatic amines is 1. The van der Waals surface area contributed by atoms with E-state index in [1.807, 2.05) is 24.3 Å². The maximum atomic E-state index is 12.4. The van der Waals surface area contributed by atoms with Crippen LogP contribution in [0.5, 0.6) is 0 Å². The summed E-state index contributed by atoms with van der Waals surface area (Å²) >= 11 is 3.43. The van der Waals surface area contributed by atoms with Gasteiger partial charge < -0.3 is 4.90 Å². The van der Waals surface area contributed by atoms with Gasteiger partial charge in [-0.2, -0.15) is 4.68 Å². The van der Waals surface area contributed by atoms with Crippen LogP contribution in [-0.2, 0) is 0 Å². The maximum Gasteiger partial charge on any atom is 0.348 e. The summed E-state index contributed by atoms with van der Waals surface area (Å²) in [6.07, 6.45) is 10.7. The Hall–Kier alpha value is -1.40. The molecule has 0 bridgehead atoms. The van der Waals surface area contributed by atoms with Crippen molar-refractivity contribution in [2.45, 2.75) is 57.3 Å². The third-order valence-electron chi connectivity index (χ3n) is 6.18. The van der Waals surface area contributed by atoms with Crippen molar-refractivity contribution in [2.24, 2.45) is 5.92 Å². The number of rotatable bonds is 5. The first-order chi connectivity index (χ1) is 13.2. The lowest BCUT2D eigenvalue weighted by molar-refractivity contribution is 0.182. The Morgan fingerprint density at radius 2 is 1.85 bits per heavy atom. The summed E-state index contributed by atoms with van der Waals surface area (Å²) in [6, 6.07) is 7.69. The van der Waals surface area contributed by atoms with Crippen molar-refractivity contribution in [2.75, 3.05) is 19.6 Å². The summed E-state index contributed by atoms with van der Waals surface area (Å²) in [5.41, 5.74) is 0.655. The highest BCUT2D eigenvalue weighted by Gasteiger charge is 2.25. The third-order valence-corrected chi connectivity index (χ3v) is 6.71. The van der Waals surface area contributed by atoms with E-state index >= 15 is 0 Å². The van der Waals surface area contributed by atoms with Crippen LogP contribution in [0, 0.1) is 5.92 Å². The molecule has 1 saturated heterocycles. The van der Waals surface area contributed by atoms with Crippen LogP contribution >= 0.6 is 15.9 Å². The molecular formula is C21H29BrN4O. The summed E-state index contributed by atoms with van der Waals surface area (Å²) < 4.78 is 2.49. The van der Waals surface area contributed by atoms with Gasteiger partial charge in [0.25, 0.3) is 0 Å². The minimum absolute atomic E-state index is 0.147. The number of aromatic nitrogens is 3. The number of nitrogens with one attached hydrogen (secondary N) is 1. The van der Waals surface area contributed by atoms with Crippen molar-refractivity contribution < 1.29 is 0 Å². The first-order valence-corrected chi connectivity index (χ1v) is 11.2.